The predicted octanol–water partition coefficient (Wildman–Crippen LogP) is 2.91. The molecule has 0 saturated carbocycles. The molecule has 0 bridgehead atoms. The first-order chi connectivity index (χ1) is 25.6. The number of aromatic amines is 1. The number of anilines is 3. The second-order valence-electron chi connectivity index (χ2n) is 12.6. The van der Waals surface area contributed by atoms with E-state index in [1.54, 1.807) is 59.5 Å². The lowest BCUT2D eigenvalue weighted by atomic mass is 10.0. The minimum atomic E-state index is -1.15. The van der Waals surface area contributed by atoms with Gasteiger partial charge in [0.15, 0.2) is 0 Å². The molecule has 5 N–H and O–H groups in total. The van der Waals surface area contributed by atoms with Gasteiger partial charge in [0.25, 0.3) is 0 Å². The Bertz CT molecular complexity index is 2210. The number of hydrogen-bond donors (Lipinski definition) is 5. The molecule has 2 aromatic heterocycles. The average Bonchev–Trinajstić information content (AvgIpc) is 3.94. The van der Waals surface area contributed by atoms with Crippen LogP contribution in [0.3, 0.4) is 0 Å². The molecule has 2 aliphatic heterocycles. The summed E-state index contributed by atoms with van der Waals surface area (Å²) in [5.41, 5.74) is 2.76. The van der Waals surface area contributed by atoms with Crippen molar-refractivity contribution in [1.29, 1.82) is 0 Å². The molecule has 2 atom stereocenters. The Morgan fingerprint density at radius 1 is 0.925 bits per heavy atom. The number of carboxylic acids is 1. The lowest BCUT2D eigenvalue weighted by molar-refractivity contribution is -0.149. The number of likely N-dealkylation sites (tertiary alicyclic amines) is 1. The van der Waals surface area contributed by atoms with Crippen LogP contribution in [0.2, 0.25) is 5.02 Å². The van der Waals surface area contributed by atoms with Crippen LogP contribution in [-0.4, -0.2) is 113 Å². The summed E-state index contributed by atoms with van der Waals surface area (Å²) in [4.78, 5) is 73.0. The van der Waals surface area contributed by atoms with Gasteiger partial charge in [0.2, 0.25) is 5.91 Å². The predicted molar refractivity (Wildman–Crippen MR) is 192 cm³/mol. The number of halogens is 1. The summed E-state index contributed by atoms with van der Waals surface area (Å²) in [6, 6.07) is 16.1. The van der Waals surface area contributed by atoms with Gasteiger partial charge in [-0.25, -0.2) is 9.59 Å². The molecule has 1 unspecified atom stereocenters. The summed E-state index contributed by atoms with van der Waals surface area (Å²) < 4.78 is 1.34. The minimum Gasteiger partial charge on any atom is -0.477 e. The van der Waals surface area contributed by atoms with Crippen molar-refractivity contribution in [3.63, 3.8) is 0 Å². The highest BCUT2D eigenvalue weighted by molar-refractivity contribution is 6.41. The fourth-order valence-electron chi connectivity index (χ4n) is 6.69. The Morgan fingerprint density at radius 3 is 2.45 bits per heavy atom. The first kappa shape index (κ1) is 35.1. The van der Waals surface area contributed by atoms with E-state index in [-0.39, 0.29) is 43.9 Å². The normalized spacial score (nSPS) is 16.6. The van der Waals surface area contributed by atoms with E-state index >= 15 is 0 Å². The number of piperazine rings is 1. The largest absolute Gasteiger partial charge is 0.477 e. The lowest BCUT2D eigenvalue weighted by Gasteiger charge is -2.38. The fourth-order valence-corrected chi connectivity index (χ4v) is 6.85. The number of amides is 5. The van der Waals surface area contributed by atoms with Crippen LogP contribution in [-0.2, 0) is 20.8 Å². The number of rotatable bonds is 10. The van der Waals surface area contributed by atoms with Crippen molar-refractivity contribution < 1.29 is 34.2 Å². The van der Waals surface area contributed by atoms with Crippen LogP contribution in [0.15, 0.2) is 73.1 Å². The number of benzene rings is 3. The highest BCUT2D eigenvalue weighted by atomic mass is 35.5. The third kappa shape index (κ3) is 7.24. The number of aliphatic hydroxyl groups excluding tert-OH is 1. The number of hydrogen-bond acceptors (Lipinski definition) is 9. The van der Waals surface area contributed by atoms with Crippen molar-refractivity contribution in [2.24, 2.45) is 0 Å². The molecular weight excluding hydrogens is 708 g/mol. The molecule has 7 rings (SSSR count). The molecule has 0 aliphatic carbocycles. The first-order valence-electron chi connectivity index (χ1n) is 16.7. The number of aromatic nitrogens is 5. The van der Waals surface area contributed by atoms with Crippen LogP contribution in [0.1, 0.15) is 28.9 Å². The van der Waals surface area contributed by atoms with E-state index in [2.05, 4.69) is 31.1 Å². The third-order valence-electron chi connectivity index (χ3n) is 9.36. The van der Waals surface area contributed by atoms with Gasteiger partial charge in [-0.3, -0.25) is 14.4 Å². The Morgan fingerprint density at radius 2 is 1.72 bits per heavy atom. The molecule has 2 fully saturated rings. The zero-order chi connectivity index (χ0) is 37.2. The molecule has 53 heavy (non-hydrogen) atoms. The van der Waals surface area contributed by atoms with E-state index in [0.29, 0.717) is 50.8 Å². The van der Waals surface area contributed by atoms with Gasteiger partial charge in [-0.05, 0) is 83.4 Å². The number of carboxylic acid groups (broad SMARTS) is 1. The van der Waals surface area contributed by atoms with Crippen LogP contribution >= 0.6 is 11.6 Å². The third-order valence-corrected chi connectivity index (χ3v) is 9.59. The number of carbonyl (C=O) groups is 5. The number of urea groups is 1. The van der Waals surface area contributed by atoms with Crippen LogP contribution in [0.5, 0.6) is 0 Å². The fraction of sp³-hybridized carbons (Fsp3) is 0.257. The van der Waals surface area contributed by atoms with Gasteiger partial charge in [0.05, 0.1) is 24.0 Å². The molecule has 4 heterocycles. The molecule has 0 spiro atoms. The van der Waals surface area contributed by atoms with Gasteiger partial charge >= 0.3 is 23.8 Å². The molecular formula is C35H33ClN10O7. The second kappa shape index (κ2) is 14.7. The summed E-state index contributed by atoms with van der Waals surface area (Å²) in [6.45, 7) is 0.430. The highest BCUT2D eigenvalue weighted by Crippen LogP contribution is 2.30. The lowest BCUT2D eigenvalue weighted by Crippen LogP contribution is -2.60. The number of tetrazole rings is 1. The van der Waals surface area contributed by atoms with E-state index in [1.807, 2.05) is 0 Å². The van der Waals surface area contributed by atoms with Gasteiger partial charge < -0.3 is 40.5 Å². The quantitative estimate of drug-likeness (QED) is 0.132. The monoisotopic (exact) mass is 740 g/mol. The SMILES string of the molecule is O=C(O)c1cc2cc(NC(=O)C(Cc3ccc(NC(=O)N4CCC[C@H]4CO)cc3)N3CCN(c4cc(Cl)ccc4-n4cnnn4)C(=O)C3=O)ccc2[nH]1. The summed E-state index contributed by atoms with van der Waals surface area (Å²) in [7, 11) is 0. The van der Waals surface area contributed by atoms with E-state index in [1.165, 1.54) is 32.9 Å². The smallest absolute Gasteiger partial charge is 0.352 e. The topological polar surface area (TPSA) is 219 Å². The van der Waals surface area contributed by atoms with Crippen LogP contribution in [0.4, 0.5) is 21.9 Å². The summed E-state index contributed by atoms with van der Waals surface area (Å²) in [6.07, 6.45) is 2.89. The van der Waals surface area contributed by atoms with Crippen molar-refractivity contribution in [3.05, 3.63) is 89.3 Å². The molecule has 5 aromatic rings. The van der Waals surface area contributed by atoms with Crippen LogP contribution < -0.4 is 15.5 Å². The van der Waals surface area contributed by atoms with Crippen molar-refractivity contribution in [1.82, 2.24) is 35.0 Å². The zero-order valence-electron chi connectivity index (χ0n) is 28.0. The van der Waals surface area contributed by atoms with Gasteiger partial charge in [0.1, 0.15) is 18.1 Å². The highest BCUT2D eigenvalue weighted by Gasteiger charge is 2.41. The van der Waals surface area contributed by atoms with Crippen LogP contribution in [0.25, 0.3) is 16.6 Å². The number of carbonyl (C=O) groups excluding carboxylic acids is 4. The molecule has 0 radical (unpaired) electrons. The Labute approximate surface area is 306 Å². The zero-order valence-corrected chi connectivity index (χ0v) is 28.7. The van der Waals surface area contributed by atoms with Gasteiger partial charge in [-0.2, -0.15) is 4.68 Å². The van der Waals surface area contributed by atoms with E-state index in [4.69, 9.17) is 11.6 Å². The molecule has 18 heteroatoms. The Balaban J connectivity index is 1.14. The first-order valence-corrected chi connectivity index (χ1v) is 17.1. The molecule has 5 amide bonds. The Hall–Kier alpha value is -6.33. The summed E-state index contributed by atoms with van der Waals surface area (Å²) in [5.74, 6) is -3.51. The van der Waals surface area contributed by atoms with Gasteiger partial charge in [-0.1, -0.05) is 23.7 Å². The maximum atomic E-state index is 14.1. The number of aliphatic hydroxyl groups is 1. The molecule has 272 valence electrons. The van der Waals surface area contributed by atoms with E-state index < -0.39 is 29.7 Å². The molecule has 2 saturated heterocycles. The second-order valence-corrected chi connectivity index (χ2v) is 13.1. The molecule has 17 nitrogen and oxygen atoms in total. The molecule has 3 aromatic carbocycles. The van der Waals surface area contributed by atoms with Crippen LogP contribution in [0, 0.1) is 0 Å². The van der Waals surface area contributed by atoms with Crippen molar-refractivity contribution >= 4 is 69.3 Å². The average molecular weight is 741 g/mol. The maximum absolute atomic E-state index is 14.1. The number of aromatic carboxylic acids is 1. The van der Waals surface area contributed by atoms with Gasteiger partial charge in [0, 0.05) is 53.4 Å². The minimum absolute atomic E-state index is 0.0143. The van der Waals surface area contributed by atoms with Crippen molar-refractivity contribution in [3.8, 4) is 5.69 Å². The number of H-pyrrole nitrogens is 1. The number of nitrogens with one attached hydrogen (secondary N) is 3. The maximum Gasteiger partial charge on any atom is 0.352 e. The number of nitrogens with zero attached hydrogens (tertiary/aromatic N) is 7. The van der Waals surface area contributed by atoms with Crippen molar-refractivity contribution in [2.75, 3.05) is 41.8 Å². The van der Waals surface area contributed by atoms with Crippen molar-refractivity contribution in [2.45, 2.75) is 31.3 Å². The summed E-state index contributed by atoms with van der Waals surface area (Å²) >= 11 is 6.29. The van der Waals surface area contributed by atoms with Gasteiger partial charge in [-0.15, -0.1) is 5.10 Å². The summed E-state index contributed by atoms with van der Waals surface area (Å²) in [5, 5.41) is 36.8. The van der Waals surface area contributed by atoms with E-state index in [9.17, 15) is 34.2 Å². The number of fused-ring (bicyclic) bond motifs is 1. The Kier molecular flexibility index (Phi) is 9.75. The molecule has 2 aliphatic rings. The van der Waals surface area contributed by atoms with E-state index in [0.717, 1.165) is 12.8 Å². The standard InChI is InChI=1S/C35H33ClN10O7/c36-22-5-10-28(46-19-37-41-42-46)29(17-22)44-12-13-45(33(50)32(44)49)30(31(48)38-24-8-9-26-21(15-24)16-27(40-26)34(51)52)14-20-3-6-23(7-4-20)39-35(53)43-11-1-2-25(43)18-47/h3-10,15-17,19,25,30,40,47H,1-2,11-14,18H2,(H,38,48)(H,39,53)(H,51,52)/t25-,30?/m0/s1.